The topological polar surface area (TPSA) is 278 Å². The van der Waals surface area contributed by atoms with Crippen molar-refractivity contribution in [2.24, 2.45) is 17.4 Å². The van der Waals surface area contributed by atoms with Gasteiger partial charge in [0.05, 0.1) is 6.04 Å². The molecule has 2 aromatic carbocycles. The van der Waals surface area contributed by atoms with Crippen LogP contribution in [0, 0.1) is 5.92 Å². The molecule has 7 atom stereocenters. The molecule has 3 heterocycles. The Labute approximate surface area is 380 Å². The van der Waals surface area contributed by atoms with E-state index in [4.69, 9.17) is 11.5 Å². The molecule has 1 aromatic heterocycles. The van der Waals surface area contributed by atoms with E-state index >= 15 is 0 Å². The number of rotatable bonds is 15. The molecule has 3 aliphatic rings. The zero-order valence-electron chi connectivity index (χ0n) is 37.5. The maximum atomic E-state index is 14.6. The lowest BCUT2D eigenvalue weighted by Gasteiger charge is -2.32. The molecule has 65 heavy (non-hydrogen) atoms. The minimum atomic E-state index is -1.12. The van der Waals surface area contributed by atoms with Crippen molar-refractivity contribution < 1.29 is 33.9 Å². The van der Waals surface area contributed by atoms with Gasteiger partial charge < -0.3 is 53.0 Å². The number of nitrogens with one attached hydrogen (secondary N) is 8. The number of benzene rings is 2. The van der Waals surface area contributed by atoms with Crippen LogP contribution < -0.4 is 48.7 Å². The number of para-hydroxylation sites is 1. The predicted molar refractivity (Wildman–Crippen MR) is 246 cm³/mol. The molecule has 3 aromatic rings. The van der Waals surface area contributed by atoms with Crippen molar-refractivity contribution in [3.8, 4) is 0 Å². The van der Waals surface area contributed by atoms with Gasteiger partial charge >= 0.3 is 0 Å². The average Bonchev–Trinajstić information content (AvgIpc) is 3.95. The van der Waals surface area contributed by atoms with E-state index < -0.39 is 84.2 Å². The normalized spacial score (nSPS) is 24.3. The number of hydrogen-bond donors (Lipinski definition) is 11. The van der Waals surface area contributed by atoms with Gasteiger partial charge in [-0.3, -0.25) is 39.4 Å². The van der Waals surface area contributed by atoms with Crippen LogP contribution in [0.2, 0.25) is 0 Å². The van der Waals surface area contributed by atoms with E-state index in [-0.39, 0.29) is 51.1 Å². The van der Waals surface area contributed by atoms with Crippen LogP contribution in [0.5, 0.6) is 0 Å². The summed E-state index contributed by atoms with van der Waals surface area (Å²) in [6, 6.07) is 10.9. The van der Waals surface area contributed by atoms with Crippen molar-refractivity contribution in [1.82, 2.24) is 47.1 Å². The lowest BCUT2D eigenvalue weighted by molar-refractivity contribution is -0.142. The molecule has 1 saturated carbocycles. The number of carbonyl (C=O) groups is 6. The Hall–Kier alpha value is -5.40. The number of aromatic nitrogens is 1. The number of amides is 6. The summed E-state index contributed by atoms with van der Waals surface area (Å²) in [5.74, 6) is -2.87. The van der Waals surface area contributed by atoms with Crippen LogP contribution in [0.15, 0.2) is 60.8 Å². The number of aromatic amines is 1. The maximum absolute atomic E-state index is 14.6. The Bertz CT molecular complexity index is 2060. The van der Waals surface area contributed by atoms with Crippen molar-refractivity contribution in [3.05, 3.63) is 71.9 Å². The van der Waals surface area contributed by atoms with Crippen LogP contribution in [0.1, 0.15) is 95.1 Å². The number of hydrogen-bond acceptors (Lipinski definition) is 11. The zero-order chi connectivity index (χ0) is 46.3. The monoisotopic (exact) mass is 900 g/mol. The van der Waals surface area contributed by atoms with E-state index in [1.165, 1.54) is 11.8 Å². The highest BCUT2D eigenvalue weighted by molar-refractivity contribution is 5.97. The van der Waals surface area contributed by atoms with Gasteiger partial charge in [0.15, 0.2) is 0 Å². The van der Waals surface area contributed by atoms with Crippen molar-refractivity contribution in [2.45, 2.75) is 146 Å². The highest BCUT2D eigenvalue weighted by Gasteiger charge is 2.40. The van der Waals surface area contributed by atoms with E-state index in [1.807, 2.05) is 54.6 Å². The minimum Gasteiger partial charge on any atom is -0.379 e. The first kappa shape index (κ1) is 49.0. The van der Waals surface area contributed by atoms with Gasteiger partial charge in [-0.1, -0.05) is 80.6 Å². The Morgan fingerprint density at radius 1 is 0.815 bits per heavy atom. The Balaban J connectivity index is 1.30. The molecule has 0 bridgehead atoms. The van der Waals surface area contributed by atoms with Gasteiger partial charge in [0.1, 0.15) is 42.7 Å². The smallest absolute Gasteiger partial charge is 0.245 e. The molecule has 0 radical (unpaired) electrons. The van der Waals surface area contributed by atoms with Crippen molar-refractivity contribution in [2.75, 3.05) is 19.6 Å². The summed E-state index contributed by atoms with van der Waals surface area (Å²) in [7, 11) is 0. The third kappa shape index (κ3) is 14.3. The van der Waals surface area contributed by atoms with Gasteiger partial charge in [-0.05, 0) is 87.9 Å². The molecule has 18 nitrogen and oxygen atoms in total. The summed E-state index contributed by atoms with van der Waals surface area (Å²) in [5.41, 5.74) is 13.9. The first-order chi connectivity index (χ1) is 31.4. The number of fused-ring (bicyclic) bond motifs is 2. The van der Waals surface area contributed by atoms with Crippen LogP contribution in [0.25, 0.3) is 10.9 Å². The minimum absolute atomic E-state index is 0.0956. The van der Waals surface area contributed by atoms with Crippen LogP contribution in [-0.2, 0) is 41.6 Å². The molecule has 354 valence electrons. The fourth-order valence-electron chi connectivity index (χ4n) is 9.42. The summed E-state index contributed by atoms with van der Waals surface area (Å²) >= 11 is 0. The van der Waals surface area contributed by atoms with Crippen LogP contribution >= 0.6 is 0 Å². The summed E-state index contributed by atoms with van der Waals surface area (Å²) in [5, 5.41) is 31.7. The van der Waals surface area contributed by atoms with Gasteiger partial charge in [-0.15, -0.1) is 0 Å². The quantitative estimate of drug-likeness (QED) is 0.0744. The molecule has 1 unspecified atom stereocenters. The zero-order valence-corrected chi connectivity index (χ0v) is 37.5. The number of aliphatic hydroxyl groups is 1. The number of carbonyl (C=O) groups excluding carboxylic acids is 6. The molecule has 6 rings (SSSR count). The first-order valence-electron chi connectivity index (χ1n) is 23.4. The highest BCUT2D eigenvalue weighted by atomic mass is 16.3. The van der Waals surface area contributed by atoms with E-state index in [0.29, 0.717) is 32.2 Å². The number of aliphatic hydroxyl groups excluding tert-OH is 1. The molecule has 2 aliphatic heterocycles. The molecular weight excluding hydrogens is 831 g/mol. The lowest BCUT2D eigenvalue weighted by Crippen LogP contribution is -2.60. The van der Waals surface area contributed by atoms with Gasteiger partial charge in [0.25, 0.3) is 0 Å². The van der Waals surface area contributed by atoms with Crippen LogP contribution in [-0.4, -0.2) is 119 Å². The number of H-pyrrole nitrogens is 1. The van der Waals surface area contributed by atoms with Crippen molar-refractivity contribution >= 4 is 46.3 Å². The third-order valence-electron chi connectivity index (χ3n) is 12.8. The van der Waals surface area contributed by atoms with Crippen molar-refractivity contribution in [1.29, 1.82) is 0 Å². The SMILES string of the molecule is C[C@@H](O)NC(Cc1ccccc1)C(=O)N[C@H]1CCCNC(=O)[C@H](CCCNC(N)N)NC(=O)[C@H](Cc2c[nH]c3ccccc23)NC(=O)[C@@H](CC2CCCCC2)NC(=O)[C@@H]2CCCN2C1=O. The lowest BCUT2D eigenvalue weighted by atomic mass is 9.84. The maximum Gasteiger partial charge on any atom is 0.245 e. The molecule has 13 N–H and O–H groups in total. The Kier molecular flexibility index (Phi) is 18.3. The molecule has 3 fully saturated rings. The van der Waals surface area contributed by atoms with Gasteiger partial charge in [0.2, 0.25) is 35.4 Å². The Morgan fingerprint density at radius 3 is 2.28 bits per heavy atom. The van der Waals surface area contributed by atoms with Crippen LogP contribution in [0.4, 0.5) is 0 Å². The van der Waals surface area contributed by atoms with Gasteiger partial charge in [0, 0.05) is 36.6 Å². The highest BCUT2D eigenvalue weighted by Crippen LogP contribution is 2.28. The summed E-state index contributed by atoms with van der Waals surface area (Å²) in [6.45, 7) is 2.23. The number of nitrogens with two attached hydrogens (primary N) is 2. The van der Waals surface area contributed by atoms with Gasteiger partial charge in [-0.25, -0.2) is 0 Å². The number of nitrogens with zero attached hydrogens (tertiary/aromatic N) is 1. The molecule has 2 saturated heterocycles. The van der Waals surface area contributed by atoms with Crippen molar-refractivity contribution in [3.63, 3.8) is 0 Å². The second-order valence-corrected chi connectivity index (χ2v) is 17.9. The van der Waals surface area contributed by atoms with E-state index in [2.05, 4.69) is 42.2 Å². The molecular formula is C47H69N11O7. The second-order valence-electron chi connectivity index (χ2n) is 17.9. The third-order valence-corrected chi connectivity index (χ3v) is 12.8. The van der Waals surface area contributed by atoms with Crippen LogP contribution in [0.3, 0.4) is 0 Å². The standard InChI is InChI=1S/C47H69N11O7/c1-29(59)53-37(25-30-13-4-2-5-14-30)42(61)55-36-20-11-22-50-41(60)35(19-10-23-51-47(48)49)54-44(63)39(27-32-28-52-34-18-9-8-17-33(32)34)56-43(62)38(26-31-15-6-3-7-16-31)57-45(64)40-21-12-24-58(40)46(36)65/h2,4-5,8-9,13-14,17-18,28-29,31,35-40,47,51-53,59H,3,6-7,10-12,15-16,19-27,48-49H2,1H3,(H,50,60)(H,54,63)(H,55,61)(H,56,62)(H,57,64)/t29-,35+,36+,37?,38-,39+,40+/m1/s1. The van der Waals surface area contributed by atoms with E-state index in [1.54, 1.807) is 6.20 Å². The average molecular weight is 900 g/mol. The molecule has 6 amide bonds. The molecule has 0 spiro atoms. The summed E-state index contributed by atoms with van der Waals surface area (Å²) < 4.78 is 0. The fraction of sp³-hybridized carbons (Fsp3) is 0.574. The molecule has 1 aliphatic carbocycles. The second kappa shape index (κ2) is 24.2. The van der Waals surface area contributed by atoms with E-state index in [9.17, 15) is 33.9 Å². The Morgan fingerprint density at radius 2 is 1.52 bits per heavy atom. The first-order valence-corrected chi connectivity index (χ1v) is 23.4. The fourth-order valence-corrected chi connectivity index (χ4v) is 9.42. The largest absolute Gasteiger partial charge is 0.379 e. The summed E-state index contributed by atoms with van der Waals surface area (Å²) in [4.78, 5) is 90.9. The summed E-state index contributed by atoms with van der Waals surface area (Å²) in [6.07, 6.45) is 7.44. The molecule has 18 heteroatoms. The van der Waals surface area contributed by atoms with Gasteiger partial charge in [-0.2, -0.15) is 0 Å². The predicted octanol–water partition coefficient (Wildman–Crippen LogP) is 0.631. The van der Waals surface area contributed by atoms with E-state index in [0.717, 1.165) is 54.1 Å².